The second kappa shape index (κ2) is 21.1. The second-order valence-corrected chi connectivity index (χ2v) is 5.50. The maximum atomic E-state index is 11.3. The zero-order valence-electron chi connectivity index (χ0n) is 16.9. The summed E-state index contributed by atoms with van der Waals surface area (Å²) in [7, 11) is 1.62. The van der Waals surface area contributed by atoms with E-state index in [1.54, 1.807) is 7.11 Å². The van der Waals surface area contributed by atoms with Crippen molar-refractivity contribution in [3.63, 3.8) is 0 Å². The van der Waals surface area contributed by atoms with Gasteiger partial charge >= 0.3 is 11.9 Å². The van der Waals surface area contributed by atoms with E-state index >= 15 is 0 Å². The van der Waals surface area contributed by atoms with Crippen LogP contribution in [0.4, 0.5) is 0 Å². The largest absolute Gasteiger partial charge is 0.476 e. The molecular weight excluding hydrogens is 392 g/mol. The van der Waals surface area contributed by atoms with Crippen molar-refractivity contribution in [3.05, 3.63) is 0 Å². The fourth-order valence-corrected chi connectivity index (χ4v) is 1.73. The zero-order chi connectivity index (χ0) is 21.6. The number of aliphatic carboxylic acids is 1. The van der Waals surface area contributed by atoms with Gasteiger partial charge in [-0.3, -0.25) is 9.59 Å². The van der Waals surface area contributed by atoms with E-state index in [0.29, 0.717) is 66.1 Å². The van der Waals surface area contributed by atoms with E-state index in [1.165, 1.54) is 0 Å². The minimum Gasteiger partial charge on any atom is -0.476 e. The smallest absolute Gasteiger partial charge is 0.372 e. The van der Waals surface area contributed by atoms with E-state index in [-0.39, 0.29) is 26.1 Å². The van der Waals surface area contributed by atoms with E-state index in [0.717, 1.165) is 0 Å². The molecule has 0 aliphatic heterocycles. The van der Waals surface area contributed by atoms with Crippen molar-refractivity contribution < 1.29 is 52.6 Å². The van der Waals surface area contributed by atoms with Crippen molar-refractivity contribution in [2.24, 2.45) is 0 Å². The van der Waals surface area contributed by atoms with Crippen LogP contribution in [0, 0.1) is 0 Å². The van der Waals surface area contributed by atoms with E-state index in [4.69, 9.17) is 38.3 Å². The summed E-state index contributed by atoms with van der Waals surface area (Å²) in [5.41, 5.74) is 0. The van der Waals surface area contributed by atoms with Crippen LogP contribution in [0.1, 0.15) is 12.8 Å². The molecule has 0 aliphatic rings. The zero-order valence-corrected chi connectivity index (χ0v) is 16.9. The number of Topliss-reactive ketones (excluding diaryl/α,β-unsaturated/α-hetero) is 1. The third-order valence-corrected chi connectivity index (χ3v) is 3.21. The molecule has 0 aromatic rings. The van der Waals surface area contributed by atoms with Gasteiger partial charge in [0, 0.05) is 13.5 Å². The number of ketones is 1. The first-order chi connectivity index (χ1) is 14.1. The first-order valence-corrected chi connectivity index (χ1v) is 9.37. The second-order valence-electron chi connectivity index (χ2n) is 5.50. The molecule has 0 fully saturated rings. The van der Waals surface area contributed by atoms with Crippen LogP contribution in [-0.2, 0) is 47.5 Å². The van der Waals surface area contributed by atoms with Gasteiger partial charge in [0.15, 0.2) is 0 Å². The van der Waals surface area contributed by atoms with Crippen LogP contribution in [0.3, 0.4) is 0 Å². The van der Waals surface area contributed by atoms with E-state index in [9.17, 15) is 14.4 Å². The Labute approximate surface area is 170 Å². The average molecular weight is 424 g/mol. The Morgan fingerprint density at radius 2 is 0.966 bits per heavy atom. The third kappa shape index (κ3) is 20.9. The van der Waals surface area contributed by atoms with Gasteiger partial charge in [0.05, 0.1) is 79.1 Å². The maximum absolute atomic E-state index is 11.3. The highest BCUT2D eigenvalue weighted by Gasteiger charge is 2.14. The number of carbonyl (C=O) groups excluding carboxylic acids is 2. The van der Waals surface area contributed by atoms with Crippen LogP contribution >= 0.6 is 0 Å². The topological polar surface area (TPSA) is 136 Å². The summed E-state index contributed by atoms with van der Waals surface area (Å²) in [6.45, 7) is 4.91. The van der Waals surface area contributed by atoms with Crippen LogP contribution in [0.15, 0.2) is 0 Å². The lowest BCUT2D eigenvalue weighted by molar-refractivity contribution is -0.151. The molecule has 1 N–H and O–H groups in total. The molecule has 0 saturated carbocycles. The van der Waals surface area contributed by atoms with Crippen molar-refractivity contribution in [1.82, 2.24) is 0 Å². The van der Waals surface area contributed by atoms with E-state index in [2.05, 4.69) is 0 Å². The number of hydrogen-bond donors (Lipinski definition) is 1. The van der Waals surface area contributed by atoms with Gasteiger partial charge in [0.25, 0.3) is 0 Å². The molecule has 0 heterocycles. The lowest BCUT2D eigenvalue weighted by Gasteiger charge is -2.08. The Hall–Kier alpha value is -1.63. The summed E-state index contributed by atoms with van der Waals surface area (Å²) >= 11 is 0. The molecule has 29 heavy (non-hydrogen) atoms. The van der Waals surface area contributed by atoms with Crippen molar-refractivity contribution in [2.75, 3.05) is 86.4 Å². The molecule has 0 atom stereocenters. The fourth-order valence-electron chi connectivity index (χ4n) is 1.73. The Morgan fingerprint density at radius 1 is 0.586 bits per heavy atom. The summed E-state index contributed by atoms with van der Waals surface area (Å²) in [6.07, 6.45) is -0.637. The first kappa shape index (κ1) is 27.4. The summed E-state index contributed by atoms with van der Waals surface area (Å²) in [4.78, 5) is 32.4. The summed E-state index contributed by atoms with van der Waals surface area (Å²) in [5, 5.41) is 8.38. The molecule has 0 aromatic heterocycles. The Bertz CT molecular complexity index is 428. The predicted molar refractivity (Wildman–Crippen MR) is 98.8 cm³/mol. The van der Waals surface area contributed by atoms with Gasteiger partial charge in [-0.25, -0.2) is 4.79 Å². The van der Waals surface area contributed by atoms with Crippen molar-refractivity contribution >= 4 is 17.7 Å². The number of carboxylic acids is 1. The number of rotatable bonds is 22. The molecule has 0 rings (SSSR count). The van der Waals surface area contributed by atoms with Gasteiger partial charge in [-0.15, -0.1) is 0 Å². The lowest BCUT2D eigenvalue weighted by Crippen LogP contribution is -2.17. The monoisotopic (exact) mass is 424 g/mol. The highest BCUT2D eigenvalue weighted by Crippen LogP contribution is 1.95. The van der Waals surface area contributed by atoms with Crippen LogP contribution in [-0.4, -0.2) is 109 Å². The lowest BCUT2D eigenvalue weighted by atomic mass is 10.2. The molecule has 0 spiro atoms. The van der Waals surface area contributed by atoms with Gasteiger partial charge in [-0.2, -0.15) is 0 Å². The van der Waals surface area contributed by atoms with Gasteiger partial charge in [0.2, 0.25) is 5.78 Å². The highest BCUT2D eigenvalue weighted by atomic mass is 16.6. The molecule has 0 bridgehead atoms. The minimum absolute atomic E-state index is 0.0284. The fraction of sp³-hybridized carbons (Fsp3) is 0.833. The van der Waals surface area contributed by atoms with Crippen LogP contribution < -0.4 is 0 Å². The van der Waals surface area contributed by atoms with Crippen LogP contribution in [0.25, 0.3) is 0 Å². The summed E-state index contributed by atoms with van der Waals surface area (Å²) in [5.74, 6) is -3.21. The van der Waals surface area contributed by atoms with Gasteiger partial charge in [-0.1, -0.05) is 0 Å². The van der Waals surface area contributed by atoms with Gasteiger partial charge in [0.1, 0.15) is 6.61 Å². The van der Waals surface area contributed by atoms with Crippen molar-refractivity contribution in [3.8, 4) is 0 Å². The number of carbonyl (C=O) groups is 3. The van der Waals surface area contributed by atoms with Crippen LogP contribution in [0.2, 0.25) is 0 Å². The number of methoxy groups -OCH3 is 1. The Morgan fingerprint density at radius 3 is 1.34 bits per heavy atom. The summed E-state index contributed by atoms with van der Waals surface area (Å²) in [6, 6.07) is 0. The standard InChI is InChI=1S/C18H32O11/c1-23-4-5-24-6-7-25-8-9-26-10-11-27-12-13-28-14-15-29-17(20)3-2-16(19)18(21)22/h2-15H2,1H3,(H,21,22). The normalized spacial score (nSPS) is 10.8. The molecule has 0 saturated heterocycles. The quantitative estimate of drug-likeness (QED) is 0.139. The average Bonchev–Trinajstić information content (AvgIpc) is 2.71. The van der Waals surface area contributed by atoms with Crippen LogP contribution in [0.5, 0.6) is 0 Å². The number of carboxylic acid groups (broad SMARTS) is 1. The van der Waals surface area contributed by atoms with E-state index < -0.39 is 17.7 Å². The molecule has 0 amide bonds. The van der Waals surface area contributed by atoms with Gasteiger partial charge in [-0.05, 0) is 0 Å². The van der Waals surface area contributed by atoms with E-state index in [1.807, 2.05) is 0 Å². The SMILES string of the molecule is COCCOCCOCCOCCOCCOCCOC(=O)CCC(=O)C(=O)O. The van der Waals surface area contributed by atoms with Gasteiger partial charge < -0.3 is 38.3 Å². The molecule has 0 aromatic carbocycles. The van der Waals surface area contributed by atoms with Crippen molar-refractivity contribution in [2.45, 2.75) is 12.8 Å². The van der Waals surface area contributed by atoms with Crippen molar-refractivity contribution in [1.29, 1.82) is 0 Å². The molecule has 0 aliphatic carbocycles. The minimum atomic E-state index is -1.56. The third-order valence-electron chi connectivity index (χ3n) is 3.21. The highest BCUT2D eigenvalue weighted by molar-refractivity contribution is 6.32. The molecule has 11 heteroatoms. The molecule has 0 radical (unpaired) electrons. The summed E-state index contributed by atoms with van der Waals surface area (Å²) < 4.78 is 36.1. The Balaban J connectivity index is 3.17. The number of esters is 1. The predicted octanol–water partition coefficient (Wildman–Crippen LogP) is -0.307. The molecular formula is C18H32O11. The number of ether oxygens (including phenoxy) is 7. The first-order valence-electron chi connectivity index (χ1n) is 9.37. The molecule has 170 valence electrons. The Kier molecular flexibility index (Phi) is 19.9. The number of hydrogen-bond acceptors (Lipinski definition) is 10. The maximum Gasteiger partial charge on any atom is 0.372 e. The molecule has 11 nitrogen and oxygen atoms in total. The molecule has 0 unspecified atom stereocenters.